The summed E-state index contributed by atoms with van der Waals surface area (Å²) in [7, 11) is 0. The largest absolute Gasteiger partial charge is 0.342 e. The van der Waals surface area contributed by atoms with Crippen molar-refractivity contribution >= 4 is 5.91 Å². The second-order valence-electron chi connectivity index (χ2n) is 4.10. The van der Waals surface area contributed by atoms with Crippen LogP contribution in [-0.2, 0) is 9.63 Å². The number of nitrogens with zero attached hydrogens (tertiary/aromatic N) is 1. The summed E-state index contributed by atoms with van der Waals surface area (Å²) in [5.74, 6) is 0.0688. The smallest absolute Gasteiger partial charge is 0.238 e. The van der Waals surface area contributed by atoms with E-state index < -0.39 is 0 Å². The van der Waals surface area contributed by atoms with Crippen LogP contribution in [0.4, 0.5) is 0 Å². The van der Waals surface area contributed by atoms with Gasteiger partial charge in [0.1, 0.15) is 6.54 Å². The number of hydrogen-bond donors (Lipinski definition) is 1. The van der Waals surface area contributed by atoms with Crippen LogP contribution >= 0.6 is 0 Å². The molecule has 1 N–H and O–H groups in total. The van der Waals surface area contributed by atoms with Gasteiger partial charge in [-0.15, -0.1) is 0 Å². The van der Waals surface area contributed by atoms with Crippen LogP contribution in [0.5, 0.6) is 0 Å². The zero-order valence-electron chi connectivity index (χ0n) is 9.89. The van der Waals surface area contributed by atoms with E-state index in [0.29, 0.717) is 0 Å². The van der Waals surface area contributed by atoms with Crippen molar-refractivity contribution in [1.82, 2.24) is 10.4 Å². The van der Waals surface area contributed by atoms with Gasteiger partial charge in [-0.05, 0) is 34.6 Å². The molecule has 0 radical (unpaired) electrons. The van der Waals surface area contributed by atoms with Gasteiger partial charge in [0.2, 0.25) is 5.91 Å². The maximum atomic E-state index is 11.5. The number of rotatable bonds is 5. The Hall–Kier alpha value is -0.610. The molecule has 0 aliphatic rings. The monoisotopic (exact) mass is 202 g/mol. The van der Waals surface area contributed by atoms with E-state index in [4.69, 9.17) is 4.84 Å². The molecule has 0 aromatic rings. The van der Waals surface area contributed by atoms with Crippen LogP contribution in [0.1, 0.15) is 34.6 Å². The molecule has 0 saturated heterocycles. The zero-order valence-corrected chi connectivity index (χ0v) is 9.89. The molecule has 1 amide bonds. The molecule has 0 spiro atoms. The lowest BCUT2D eigenvalue weighted by Gasteiger charge is -2.22. The Bertz CT molecular complexity index is 171. The minimum atomic E-state index is -0.260. The van der Waals surface area contributed by atoms with Crippen molar-refractivity contribution in [3.8, 4) is 0 Å². The van der Waals surface area contributed by atoms with Gasteiger partial charge >= 0.3 is 0 Å². The fraction of sp³-hybridized carbons (Fsp3) is 0.900. The van der Waals surface area contributed by atoms with Gasteiger partial charge in [0.05, 0.1) is 5.60 Å². The van der Waals surface area contributed by atoms with Gasteiger partial charge in [0.15, 0.2) is 0 Å². The van der Waals surface area contributed by atoms with E-state index in [1.807, 2.05) is 34.6 Å². The first-order valence-electron chi connectivity index (χ1n) is 5.09. The number of likely N-dealkylation sites (N-methyl/N-ethyl adjacent to an activating group) is 1. The summed E-state index contributed by atoms with van der Waals surface area (Å²) < 4.78 is 0. The Morgan fingerprint density at radius 2 is 1.79 bits per heavy atom. The van der Waals surface area contributed by atoms with Crippen LogP contribution in [0.25, 0.3) is 0 Å². The van der Waals surface area contributed by atoms with E-state index in [1.165, 1.54) is 0 Å². The summed E-state index contributed by atoms with van der Waals surface area (Å²) in [6.45, 7) is 11.4. The topological polar surface area (TPSA) is 41.6 Å². The van der Waals surface area contributed by atoms with Gasteiger partial charge < -0.3 is 4.90 Å². The predicted molar refractivity (Wildman–Crippen MR) is 56.8 cm³/mol. The number of hydrogen-bond acceptors (Lipinski definition) is 3. The SMILES string of the molecule is CCN(CC)C(=O)CNOC(C)(C)C. The molecule has 14 heavy (non-hydrogen) atoms. The first kappa shape index (κ1) is 13.4. The van der Waals surface area contributed by atoms with Crippen LogP contribution < -0.4 is 5.48 Å². The minimum Gasteiger partial charge on any atom is -0.342 e. The number of carbonyl (C=O) groups is 1. The van der Waals surface area contributed by atoms with Crippen molar-refractivity contribution in [1.29, 1.82) is 0 Å². The van der Waals surface area contributed by atoms with E-state index in [1.54, 1.807) is 4.90 Å². The summed E-state index contributed by atoms with van der Waals surface area (Å²) >= 11 is 0. The summed E-state index contributed by atoms with van der Waals surface area (Å²) in [6.07, 6.45) is 0. The molecular formula is C10H22N2O2. The van der Waals surface area contributed by atoms with Crippen molar-refractivity contribution in [3.63, 3.8) is 0 Å². The van der Waals surface area contributed by atoms with Gasteiger partial charge in [-0.3, -0.25) is 9.63 Å². The fourth-order valence-corrected chi connectivity index (χ4v) is 1.00. The second-order valence-corrected chi connectivity index (χ2v) is 4.10. The highest BCUT2D eigenvalue weighted by Gasteiger charge is 2.13. The van der Waals surface area contributed by atoms with Crippen LogP contribution in [0.3, 0.4) is 0 Å². The highest BCUT2D eigenvalue weighted by molar-refractivity contribution is 5.78. The van der Waals surface area contributed by atoms with Crippen LogP contribution in [-0.4, -0.2) is 36.0 Å². The Kier molecular flexibility index (Phi) is 5.72. The molecule has 0 atom stereocenters. The van der Waals surface area contributed by atoms with Crippen molar-refractivity contribution in [3.05, 3.63) is 0 Å². The van der Waals surface area contributed by atoms with E-state index in [9.17, 15) is 4.79 Å². The lowest BCUT2D eigenvalue weighted by Crippen LogP contribution is -2.40. The summed E-state index contributed by atoms with van der Waals surface area (Å²) in [4.78, 5) is 18.5. The molecule has 0 rings (SSSR count). The normalized spacial score (nSPS) is 11.5. The quantitative estimate of drug-likeness (QED) is 0.681. The highest BCUT2D eigenvalue weighted by Crippen LogP contribution is 2.03. The summed E-state index contributed by atoms with van der Waals surface area (Å²) in [5, 5.41) is 0. The van der Waals surface area contributed by atoms with Crippen LogP contribution in [0, 0.1) is 0 Å². The van der Waals surface area contributed by atoms with Crippen molar-refractivity contribution in [2.45, 2.75) is 40.2 Å². The molecule has 4 nitrogen and oxygen atoms in total. The van der Waals surface area contributed by atoms with E-state index in [0.717, 1.165) is 13.1 Å². The average Bonchev–Trinajstić information content (AvgIpc) is 2.04. The molecule has 0 fully saturated rings. The standard InChI is InChI=1S/C10H22N2O2/c1-6-12(7-2)9(13)8-11-14-10(3,4)5/h11H,6-8H2,1-5H3. The molecule has 4 heteroatoms. The van der Waals surface area contributed by atoms with Crippen LogP contribution in [0.15, 0.2) is 0 Å². The van der Waals surface area contributed by atoms with Gasteiger partial charge in [-0.1, -0.05) is 0 Å². The minimum absolute atomic E-state index is 0.0688. The number of nitrogens with one attached hydrogen (secondary N) is 1. The molecule has 0 aromatic carbocycles. The molecule has 0 heterocycles. The third-order valence-electron chi connectivity index (χ3n) is 1.72. The lowest BCUT2D eigenvalue weighted by molar-refractivity contribution is -0.136. The molecule has 0 bridgehead atoms. The van der Waals surface area contributed by atoms with E-state index in [-0.39, 0.29) is 18.1 Å². The zero-order chi connectivity index (χ0) is 11.2. The Balaban J connectivity index is 3.74. The predicted octanol–water partition coefficient (Wildman–Crippen LogP) is 1.17. The highest BCUT2D eigenvalue weighted by atomic mass is 16.7. The van der Waals surface area contributed by atoms with Crippen molar-refractivity contribution < 1.29 is 9.63 Å². The summed E-state index contributed by atoms with van der Waals surface area (Å²) in [5.41, 5.74) is 2.42. The summed E-state index contributed by atoms with van der Waals surface area (Å²) in [6, 6.07) is 0. The van der Waals surface area contributed by atoms with Gasteiger partial charge in [-0.2, -0.15) is 5.48 Å². The average molecular weight is 202 g/mol. The van der Waals surface area contributed by atoms with E-state index >= 15 is 0 Å². The van der Waals surface area contributed by atoms with Crippen molar-refractivity contribution in [2.24, 2.45) is 0 Å². The number of hydroxylamine groups is 1. The second kappa shape index (κ2) is 5.98. The third-order valence-corrected chi connectivity index (χ3v) is 1.72. The molecule has 0 aliphatic carbocycles. The molecule has 0 unspecified atom stereocenters. The number of amides is 1. The Morgan fingerprint density at radius 1 is 1.29 bits per heavy atom. The van der Waals surface area contributed by atoms with Gasteiger partial charge in [0.25, 0.3) is 0 Å². The molecule has 84 valence electrons. The van der Waals surface area contributed by atoms with Crippen molar-refractivity contribution in [2.75, 3.05) is 19.6 Å². The lowest BCUT2D eigenvalue weighted by atomic mass is 10.2. The third kappa shape index (κ3) is 5.94. The molecule has 0 aromatic heterocycles. The maximum absolute atomic E-state index is 11.5. The van der Waals surface area contributed by atoms with E-state index in [2.05, 4.69) is 5.48 Å². The maximum Gasteiger partial charge on any atom is 0.238 e. The van der Waals surface area contributed by atoms with Gasteiger partial charge in [-0.25, -0.2) is 0 Å². The van der Waals surface area contributed by atoms with Crippen LogP contribution in [0.2, 0.25) is 0 Å². The number of carbonyl (C=O) groups excluding carboxylic acids is 1. The molecule has 0 saturated carbocycles. The fourth-order valence-electron chi connectivity index (χ4n) is 1.00. The first-order valence-corrected chi connectivity index (χ1v) is 5.09. The Morgan fingerprint density at radius 3 is 2.14 bits per heavy atom. The molecule has 0 aliphatic heterocycles. The van der Waals surface area contributed by atoms with Gasteiger partial charge in [0, 0.05) is 13.1 Å². The molecular weight excluding hydrogens is 180 g/mol. The first-order chi connectivity index (χ1) is 6.40. The Labute approximate surface area is 86.6 Å².